The van der Waals surface area contributed by atoms with Crippen molar-refractivity contribution in [3.63, 3.8) is 0 Å². The van der Waals surface area contributed by atoms with Crippen molar-refractivity contribution in [2.45, 2.75) is 60.5 Å². The molecule has 0 fully saturated rings. The largest absolute Gasteiger partial charge is 0.443 e. The average Bonchev–Trinajstić information content (AvgIpc) is 2.39. The van der Waals surface area contributed by atoms with Crippen LogP contribution in [0.5, 0.6) is 0 Å². The molecule has 0 unspecified atom stereocenters. The number of hydroxylamine groups is 1. The number of nitrogens with zero attached hydrogens (tertiary/aromatic N) is 1. The first-order valence-electron chi connectivity index (χ1n) is 7.56. The summed E-state index contributed by atoms with van der Waals surface area (Å²) >= 11 is 0. The molecule has 1 atom stereocenters. The van der Waals surface area contributed by atoms with E-state index < -0.39 is 5.60 Å². The predicted octanol–water partition coefficient (Wildman–Crippen LogP) is 3.67. The summed E-state index contributed by atoms with van der Waals surface area (Å²) in [4.78, 5) is 19.8. The number of allylic oxidation sites excluding steroid dienone is 2. The zero-order valence-electron chi connectivity index (χ0n) is 14.7. The van der Waals surface area contributed by atoms with Gasteiger partial charge in [-0.3, -0.25) is 4.90 Å². The summed E-state index contributed by atoms with van der Waals surface area (Å²) in [6.45, 7) is 14.7. The second kappa shape index (κ2) is 6.26. The molecule has 1 heterocycles. The third-order valence-corrected chi connectivity index (χ3v) is 4.15. The molecule has 0 spiro atoms. The number of hydrogen-bond donors (Lipinski definition) is 1. The molecule has 0 radical (unpaired) electrons. The first kappa shape index (κ1) is 17.8. The zero-order valence-corrected chi connectivity index (χ0v) is 14.7. The van der Waals surface area contributed by atoms with Gasteiger partial charge in [0.1, 0.15) is 11.4 Å². The molecule has 0 aromatic rings. The van der Waals surface area contributed by atoms with Gasteiger partial charge in [0.2, 0.25) is 0 Å². The van der Waals surface area contributed by atoms with Gasteiger partial charge in [0, 0.05) is 19.0 Å². The van der Waals surface area contributed by atoms with Crippen molar-refractivity contribution < 1.29 is 14.4 Å². The highest BCUT2D eigenvalue weighted by atomic mass is 16.6. The fraction of sp³-hybridized carbons (Fsp3) is 0.812. The van der Waals surface area contributed by atoms with Gasteiger partial charge in [0.15, 0.2) is 0 Å². The van der Waals surface area contributed by atoms with Crippen LogP contribution in [0.3, 0.4) is 0 Å². The lowest BCUT2D eigenvalue weighted by Gasteiger charge is -2.32. The molecule has 1 aliphatic heterocycles. The van der Waals surface area contributed by atoms with E-state index in [4.69, 9.17) is 9.57 Å². The van der Waals surface area contributed by atoms with Gasteiger partial charge in [-0.15, -0.1) is 0 Å². The van der Waals surface area contributed by atoms with Crippen molar-refractivity contribution in [2.24, 2.45) is 11.3 Å². The van der Waals surface area contributed by atoms with E-state index in [2.05, 4.69) is 26.3 Å². The molecule has 1 amide bonds. The number of rotatable bonds is 2. The van der Waals surface area contributed by atoms with Gasteiger partial charge in [0.05, 0.1) is 5.70 Å². The number of amides is 1. The Morgan fingerprint density at radius 2 is 1.95 bits per heavy atom. The van der Waals surface area contributed by atoms with Crippen LogP contribution in [-0.2, 0) is 9.57 Å². The maximum absolute atomic E-state index is 12.4. The zero-order chi connectivity index (χ0) is 16.4. The summed E-state index contributed by atoms with van der Waals surface area (Å²) < 4.78 is 5.51. The summed E-state index contributed by atoms with van der Waals surface area (Å²) in [5, 5.41) is 0. The number of ether oxygens (including phenoxy) is 1. The Labute approximate surface area is 128 Å². The first-order valence-corrected chi connectivity index (χ1v) is 7.56. The molecule has 0 bridgehead atoms. The second-order valence-corrected chi connectivity index (χ2v) is 7.26. The normalized spacial score (nSPS) is 22.9. The molecule has 1 N–H and O–H groups in total. The molecule has 5 heteroatoms. The standard InChI is InChI=1S/C16H30N2O3/c1-11-9-10-18(14(19)20-15(3,4)5)12(2)13(21-17-8)16(11,6)7/h11,17H,9-10H2,1-8H3/t11-/m1/s1. The van der Waals surface area contributed by atoms with Crippen LogP contribution in [0.2, 0.25) is 0 Å². The highest BCUT2D eigenvalue weighted by Crippen LogP contribution is 2.42. The van der Waals surface area contributed by atoms with E-state index >= 15 is 0 Å². The molecule has 0 aromatic carbocycles. The average molecular weight is 298 g/mol. The fourth-order valence-corrected chi connectivity index (χ4v) is 2.52. The number of carbonyl (C=O) groups is 1. The Bertz CT molecular complexity index is 422. The summed E-state index contributed by atoms with van der Waals surface area (Å²) in [7, 11) is 1.73. The minimum Gasteiger partial charge on any atom is -0.443 e. The Morgan fingerprint density at radius 1 is 1.38 bits per heavy atom. The van der Waals surface area contributed by atoms with Crippen LogP contribution in [0.1, 0.15) is 54.9 Å². The van der Waals surface area contributed by atoms with E-state index in [9.17, 15) is 4.79 Å². The van der Waals surface area contributed by atoms with Crippen LogP contribution >= 0.6 is 0 Å². The summed E-state index contributed by atoms with van der Waals surface area (Å²) in [5.74, 6) is 1.18. The molecule has 5 nitrogen and oxygen atoms in total. The molecule has 0 aliphatic carbocycles. The Hall–Kier alpha value is -1.23. The van der Waals surface area contributed by atoms with Crippen LogP contribution in [0.15, 0.2) is 11.5 Å². The van der Waals surface area contributed by atoms with E-state index in [1.165, 1.54) is 0 Å². The van der Waals surface area contributed by atoms with E-state index in [1.54, 1.807) is 11.9 Å². The number of carbonyl (C=O) groups excluding carboxylic acids is 1. The smallest absolute Gasteiger partial charge is 0.414 e. The van der Waals surface area contributed by atoms with Crippen LogP contribution < -0.4 is 5.48 Å². The highest BCUT2D eigenvalue weighted by Gasteiger charge is 2.39. The molecule has 21 heavy (non-hydrogen) atoms. The van der Waals surface area contributed by atoms with Gasteiger partial charge in [-0.2, -0.15) is 5.48 Å². The van der Waals surface area contributed by atoms with E-state index in [-0.39, 0.29) is 11.5 Å². The maximum atomic E-state index is 12.4. The molecule has 1 rings (SSSR count). The minimum absolute atomic E-state index is 0.149. The lowest BCUT2D eigenvalue weighted by atomic mass is 9.77. The van der Waals surface area contributed by atoms with Crippen molar-refractivity contribution in [2.75, 3.05) is 13.6 Å². The third kappa shape index (κ3) is 4.13. The van der Waals surface area contributed by atoms with Crippen molar-refractivity contribution in [1.82, 2.24) is 10.4 Å². The van der Waals surface area contributed by atoms with Crippen molar-refractivity contribution in [1.29, 1.82) is 0 Å². The summed E-state index contributed by atoms with van der Waals surface area (Å²) in [6.07, 6.45) is 0.585. The predicted molar refractivity (Wildman–Crippen MR) is 83.3 cm³/mol. The van der Waals surface area contributed by atoms with E-state index in [0.29, 0.717) is 12.5 Å². The van der Waals surface area contributed by atoms with Gasteiger partial charge < -0.3 is 9.57 Å². The molecule has 122 valence electrons. The molecule has 0 saturated carbocycles. The van der Waals surface area contributed by atoms with Crippen LogP contribution in [0, 0.1) is 11.3 Å². The minimum atomic E-state index is -0.505. The van der Waals surface area contributed by atoms with E-state index in [1.807, 2.05) is 27.7 Å². The van der Waals surface area contributed by atoms with Crippen LogP contribution in [0.4, 0.5) is 4.79 Å². The Morgan fingerprint density at radius 3 is 2.43 bits per heavy atom. The fourth-order valence-electron chi connectivity index (χ4n) is 2.52. The SMILES string of the molecule is CNOC1=C(C)N(C(=O)OC(C)(C)C)CC[C@@H](C)C1(C)C. The van der Waals surface area contributed by atoms with Crippen molar-refractivity contribution in [3.05, 3.63) is 11.5 Å². The summed E-state index contributed by atoms with van der Waals surface area (Å²) in [6, 6.07) is 0. The molecular weight excluding hydrogens is 268 g/mol. The van der Waals surface area contributed by atoms with Crippen LogP contribution in [-0.4, -0.2) is 30.2 Å². The molecule has 0 saturated heterocycles. The highest BCUT2D eigenvalue weighted by molar-refractivity contribution is 5.70. The van der Waals surface area contributed by atoms with Crippen LogP contribution in [0.25, 0.3) is 0 Å². The van der Waals surface area contributed by atoms with Gasteiger partial charge in [-0.1, -0.05) is 20.8 Å². The first-order chi connectivity index (χ1) is 9.50. The third-order valence-electron chi connectivity index (χ3n) is 4.15. The lowest BCUT2D eigenvalue weighted by Crippen LogP contribution is -2.36. The lowest BCUT2D eigenvalue weighted by molar-refractivity contribution is 0.0284. The van der Waals surface area contributed by atoms with Gasteiger partial charge in [0.25, 0.3) is 0 Å². The second-order valence-electron chi connectivity index (χ2n) is 7.26. The molecule has 1 aliphatic rings. The number of nitrogens with one attached hydrogen (secondary N) is 1. The van der Waals surface area contributed by atoms with Crippen molar-refractivity contribution >= 4 is 6.09 Å². The van der Waals surface area contributed by atoms with E-state index in [0.717, 1.165) is 17.9 Å². The number of hydrogen-bond acceptors (Lipinski definition) is 4. The van der Waals surface area contributed by atoms with Gasteiger partial charge >= 0.3 is 6.09 Å². The monoisotopic (exact) mass is 298 g/mol. The summed E-state index contributed by atoms with van der Waals surface area (Å²) in [5.41, 5.74) is 2.90. The Kier molecular flexibility index (Phi) is 5.31. The maximum Gasteiger partial charge on any atom is 0.414 e. The topological polar surface area (TPSA) is 50.8 Å². The van der Waals surface area contributed by atoms with Gasteiger partial charge in [-0.05, 0) is 40.0 Å². The molecular formula is C16H30N2O3. The molecule has 0 aromatic heterocycles. The van der Waals surface area contributed by atoms with Crippen molar-refractivity contribution in [3.8, 4) is 0 Å². The Balaban J connectivity index is 3.16. The van der Waals surface area contributed by atoms with Gasteiger partial charge in [-0.25, -0.2) is 4.79 Å². The quantitative estimate of drug-likeness (QED) is 0.790.